The lowest BCUT2D eigenvalue weighted by Gasteiger charge is -2.13. The predicted octanol–water partition coefficient (Wildman–Crippen LogP) is 9.15. The molecule has 0 saturated carbocycles. The molecule has 0 aliphatic heterocycles. The van der Waals surface area contributed by atoms with Crippen LogP contribution in [0.15, 0.2) is 72.8 Å². The van der Waals surface area contributed by atoms with Crippen LogP contribution in [-0.4, -0.2) is 28.4 Å². The zero-order chi connectivity index (χ0) is 27.7. The zero-order valence-electron chi connectivity index (χ0n) is 22.7. The maximum Gasteiger partial charge on any atom is 0.126 e. The summed E-state index contributed by atoms with van der Waals surface area (Å²) in [6, 6.07) is 24.8. The third kappa shape index (κ3) is 7.12. The minimum absolute atomic E-state index is 0.754. The summed E-state index contributed by atoms with van der Waals surface area (Å²) < 4.78 is 21.5. The third-order valence-electron chi connectivity index (χ3n) is 6.21. The molecule has 0 amide bonds. The lowest BCUT2D eigenvalue weighted by Crippen LogP contribution is -1.93. The van der Waals surface area contributed by atoms with Gasteiger partial charge >= 0.3 is 0 Å². The molecule has 4 rings (SSSR count). The molecule has 0 atom stereocenters. The van der Waals surface area contributed by atoms with Crippen LogP contribution >= 0.6 is 31.9 Å². The van der Waals surface area contributed by atoms with E-state index in [-0.39, 0.29) is 0 Å². The topological polar surface area (TPSA) is 36.9 Å². The van der Waals surface area contributed by atoms with Crippen LogP contribution in [0.5, 0.6) is 23.0 Å². The van der Waals surface area contributed by atoms with Crippen LogP contribution in [0.4, 0.5) is 0 Å². The van der Waals surface area contributed by atoms with Crippen molar-refractivity contribution in [3.8, 4) is 45.3 Å². The van der Waals surface area contributed by atoms with Crippen LogP contribution in [0.2, 0.25) is 0 Å². The summed E-state index contributed by atoms with van der Waals surface area (Å²) in [5, 5.41) is 1.58. The molecule has 6 heteroatoms. The van der Waals surface area contributed by atoms with Gasteiger partial charge in [-0.2, -0.15) is 0 Å². The van der Waals surface area contributed by atoms with Crippen molar-refractivity contribution in [3.05, 3.63) is 95.1 Å². The largest absolute Gasteiger partial charge is 0.496 e. The highest BCUT2D eigenvalue weighted by Gasteiger charge is 2.11. The Morgan fingerprint density at radius 2 is 1.05 bits per heavy atom. The zero-order valence-corrected chi connectivity index (χ0v) is 25.9. The second kappa shape index (κ2) is 14.3. The summed E-state index contributed by atoms with van der Waals surface area (Å²) >= 11 is 6.99. The Labute approximate surface area is 243 Å². The lowest BCUT2D eigenvalue weighted by molar-refractivity contribution is 0.411. The van der Waals surface area contributed by atoms with Crippen LogP contribution in [0.1, 0.15) is 22.3 Å². The Bertz CT molecular complexity index is 1370. The van der Waals surface area contributed by atoms with E-state index in [0.29, 0.717) is 0 Å². The van der Waals surface area contributed by atoms with E-state index >= 15 is 0 Å². The minimum Gasteiger partial charge on any atom is -0.496 e. The van der Waals surface area contributed by atoms with Gasteiger partial charge in [0.15, 0.2) is 0 Å². The second-order valence-electron chi connectivity index (χ2n) is 8.72. The van der Waals surface area contributed by atoms with E-state index in [1.165, 1.54) is 11.1 Å². The van der Waals surface area contributed by atoms with E-state index in [2.05, 4.69) is 87.3 Å². The summed E-state index contributed by atoms with van der Waals surface area (Å²) in [5.74, 6) is 3.57. The van der Waals surface area contributed by atoms with Gasteiger partial charge in [-0.1, -0.05) is 61.7 Å². The first-order valence-electron chi connectivity index (χ1n) is 12.1. The molecule has 4 nitrogen and oxygen atoms in total. The number of methoxy groups -OCH3 is 4. The van der Waals surface area contributed by atoms with Crippen molar-refractivity contribution in [1.82, 2.24) is 0 Å². The highest BCUT2D eigenvalue weighted by Crippen LogP contribution is 2.35. The van der Waals surface area contributed by atoms with Crippen LogP contribution in [0.25, 0.3) is 22.3 Å². The third-order valence-corrected chi connectivity index (χ3v) is 7.47. The predicted molar refractivity (Wildman–Crippen MR) is 165 cm³/mol. The fraction of sp³-hybridized carbons (Fsp3) is 0.250. The van der Waals surface area contributed by atoms with Gasteiger partial charge in [-0.25, -0.2) is 0 Å². The van der Waals surface area contributed by atoms with Crippen molar-refractivity contribution < 1.29 is 18.9 Å². The van der Waals surface area contributed by atoms with Gasteiger partial charge in [-0.15, -0.1) is 0 Å². The maximum absolute atomic E-state index is 5.47. The normalized spacial score (nSPS) is 10.3. The summed E-state index contributed by atoms with van der Waals surface area (Å²) in [7, 11) is 6.77. The Kier molecular flexibility index (Phi) is 11.1. The SMILES string of the molecule is COc1ccc(-c2cc(C)ccc2OC)cc1C.COc1ccc(-c2cc(CBr)ccc2OC)cc1CBr. The molecule has 0 fully saturated rings. The molecule has 4 aromatic carbocycles. The molecule has 0 saturated heterocycles. The van der Waals surface area contributed by atoms with Crippen molar-refractivity contribution in [2.75, 3.05) is 28.4 Å². The fourth-order valence-electron chi connectivity index (χ4n) is 4.21. The van der Waals surface area contributed by atoms with E-state index in [1.54, 1.807) is 28.4 Å². The van der Waals surface area contributed by atoms with E-state index in [1.807, 2.05) is 31.2 Å². The number of halogens is 2. The summed E-state index contributed by atoms with van der Waals surface area (Å²) in [6.07, 6.45) is 0. The van der Waals surface area contributed by atoms with E-state index < -0.39 is 0 Å². The maximum atomic E-state index is 5.47. The Morgan fingerprint density at radius 1 is 0.526 bits per heavy atom. The lowest BCUT2D eigenvalue weighted by atomic mass is 10.00. The minimum atomic E-state index is 0.754. The molecular formula is C32H34Br2O4. The number of alkyl halides is 2. The molecular weight excluding hydrogens is 608 g/mol. The molecule has 200 valence electrons. The molecule has 0 spiro atoms. The van der Waals surface area contributed by atoms with Gasteiger partial charge in [0.2, 0.25) is 0 Å². The highest BCUT2D eigenvalue weighted by molar-refractivity contribution is 9.08. The molecule has 0 aliphatic rings. The van der Waals surface area contributed by atoms with Crippen molar-refractivity contribution in [1.29, 1.82) is 0 Å². The molecule has 0 unspecified atom stereocenters. The fourth-order valence-corrected chi connectivity index (χ4v) is 4.99. The average Bonchev–Trinajstić information content (AvgIpc) is 2.96. The molecule has 4 aromatic rings. The number of hydrogen-bond donors (Lipinski definition) is 0. The van der Waals surface area contributed by atoms with E-state index in [4.69, 9.17) is 18.9 Å². The monoisotopic (exact) mass is 640 g/mol. The number of rotatable bonds is 8. The summed E-state index contributed by atoms with van der Waals surface area (Å²) in [4.78, 5) is 0. The number of benzene rings is 4. The van der Waals surface area contributed by atoms with Gasteiger partial charge in [-0.05, 0) is 84.6 Å². The Morgan fingerprint density at radius 3 is 1.61 bits per heavy atom. The smallest absolute Gasteiger partial charge is 0.126 e. The molecule has 38 heavy (non-hydrogen) atoms. The number of aryl methyl sites for hydroxylation is 2. The van der Waals surface area contributed by atoms with Gasteiger partial charge in [-0.3, -0.25) is 0 Å². The number of ether oxygens (including phenoxy) is 4. The first-order chi connectivity index (χ1) is 18.4. The van der Waals surface area contributed by atoms with E-state index in [0.717, 1.165) is 67.0 Å². The first kappa shape index (κ1) is 29.6. The quantitative estimate of drug-likeness (QED) is 0.180. The van der Waals surface area contributed by atoms with Crippen LogP contribution in [0, 0.1) is 13.8 Å². The van der Waals surface area contributed by atoms with Crippen LogP contribution in [0.3, 0.4) is 0 Å². The van der Waals surface area contributed by atoms with Crippen molar-refractivity contribution >= 4 is 31.9 Å². The molecule has 0 bridgehead atoms. The van der Waals surface area contributed by atoms with Crippen LogP contribution < -0.4 is 18.9 Å². The average molecular weight is 642 g/mol. The molecule has 0 N–H and O–H groups in total. The van der Waals surface area contributed by atoms with Crippen LogP contribution in [-0.2, 0) is 10.7 Å². The van der Waals surface area contributed by atoms with E-state index in [9.17, 15) is 0 Å². The van der Waals surface area contributed by atoms with Gasteiger partial charge in [0.1, 0.15) is 23.0 Å². The summed E-state index contributed by atoms with van der Waals surface area (Å²) in [5.41, 5.74) is 9.16. The summed E-state index contributed by atoms with van der Waals surface area (Å²) in [6.45, 7) is 4.13. The molecule has 0 aliphatic carbocycles. The van der Waals surface area contributed by atoms with Gasteiger partial charge in [0, 0.05) is 27.4 Å². The van der Waals surface area contributed by atoms with Gasteiger partial charge in [0.05, 0.1) is 28.4 Å². The highest BCUT2D eigenvalue weighted by atomic mass is 79.9. The van der Waals surface area contributed by atoms with Gasteiger partial charge < -0.3 is 18.9 Å². The van der Waals surface area contributed by atoms with Crippen molar-refractivity contribution in [2.45, 2.75) is 24.5 Å². The second-order valence-corrected chi connectivity index (χ2v) is 9.84. The Balaban J connectivity index is 0.000000212. The molecule has 0 aromatic heterocycles. The van der Waals surface area contributed by atoms with Crippen molar-refractivity contribution in [3.63, 3.8) is 0 Å². The molecule has 0 heterocycles. The standard InChI is InChI=1S/C16H16Br2O2.C16H18O2/c1-19-15-6-4-12(8-13(15)10-18)14-7-11(9-17)3-5-16(14)20-2;1-11-5-7-16(18-4)14(9-11)13-6-8-15(17-3)12(2)10-13/h3-8H,9-10H2,1-2H3;5-10H,1-4H3. The Hall–Kier alpha value is -2.96. The van der Waals surface area contributed by atoms with Gasteiger partial charge in [0.25, 0.3) is 0 Å². The van der Waals surface area contributed by atoms with Crippen molar-refractivity contribution in [2.24, 2.45) is 0 Å². The number of hydrogen-bond acceptors (Lipinski definition) is 4. The first-order valence-corrected chi connectivity index (χ1v) is 14.4. The molecule has 0 radical (unpaired) electrons.